The molecule has 2 aromatic carbocycles. The third-order valence-electron chi connectivity index (χ3n) is 2.00. The molecule has 2 aromatic rings. The first-order chi connectivity index (χ1) is 6.27. The fourth-order valence-electron chi connectivity index (χ4n) is 1.32. The first-order valence-electron chi connectivity index (χ1n) is 3.99. The number of rotatable bonds is 1. The molecule has 2 rings (SSSR count). The Bertz CT molecular complexity index is 466. The molecule has 0 aliphatic carbocycles. The average Bonchev–Trinajstić information content (AvgIpc) is 2.17. The van der Waals surface area contributed by atoms with Gasteiger partial charge in [-0.3, -0.25) is 0 Å². The molecule has 2 nitrogen and oxygen atoms in total. The molecule has 0 spiro atoms. The van der Waals surface area contributed by atoms with E-state index in [1.165, 1.54) is 0 Å². The summed E-state index contributed by atoms with van der Waals surface area (Å²) in [6, 6.07) is 12.8. The van der Waals surface area contributed by atoms with Crippen LogP contribution in [-0.2, 0) is 0 Å². The Hall–Kier alpha value is -1.01. The summed E-state index contributed by atoms with van der Waals surface area (Å²) >= 11 is 0. The first-order valence-corrected chi connectivity index (χ1v) is 3.99. The summed E-state index contributed by atoms with van der Waals surface area (Å²) < 4.78 is 0. The molecule has 0 bridgehead atoms. The fraction of sp³-hybridized carbons (Fsp3) is 0. The zero-order chi connectivity index (χ0) is 9.26. The summed E-state index contributed by atoms with van der Waals surface area (Å²) in [5, 5.41) is 10.8. The summed E-state index contributed by atoms with van der Waals surface area (Å²) in [5.74, 6) is -0.884. The van der Waals surface area contributed by atoms with Crippen LogP contribution < -0.4 is 0 Å². The first kappa shape index (κ1) is 11.1. The third kappa shape index (κ3) is 2.07. The number of benzene rings is 2. The van der Waals surface area contributed by atoms with E-state index in [2.05, 4.69) is 0 Å². The van der Waals surface area contributed by atoms with Gasteiger partial charge in [0.2, 0.25) is 0 Å². The van der Waals surface area contributed by atoms with Crippen molar-refractivity contribution in [1.29, 1.82) is 0 Å². The molecule has 0 atom stereocenters. The molecule has 0 radical (unpaired) electrons. The monoisotopic (exact) mass is 296 g/mol. The van der Waals surface area contributed by atoms with Crippen molar-refractivity contribution in [3.8, 4) is 0 Å². The van der Waals surface area contributed by atoms with Gasteiger partial charge in [-0.2, -0.15) is 0 Å². The van der Waals surface area contributed by atoms with E-state index in [9.17, 15) is 4.79 Å². The normalized spacial score (nSPS) is 9.43. The average molecular weight is 297 g/mol. The van der Waals surface area contributed by atoms with Gasteiger partial charge in [0.15, 0.2) is 0 Å². The number of aromatic carboxylic acids is 1. The molecule has 0 heterocycles. The molecule has 0 aromatic heterocycles. The minimum atomic E-state index is -0.884. The van der Waals surface area contributed by atoms with E-state index >= 15 is 0 Å². The van der Waals surface area contributed by atoms with Crippen LogP contribution in [0.4, 0.5) is 0 Å². The van der Waals surface area contributed by atoms with Crippen LogP contribution in [0.5, 0.6) is 0 Å². The number of hydrogen-bond acceptors (Lipinski definition) is 1. The summed E-state index contributed by atoms with van der Waals surface area (Å²) in [5.41, 5.74) is 0.332. The van der Waals surface area contributed by atoms with Gasteiger partial charge in [-0.1, -0.05) is 30.3 Å². The van der Waals surface area contributed by atoms with Crippen LogP contribution in [0, 0.1) is 0 Å². The van der Waals surface area contributed by atoms with Crippen molar-refractivity contribution in [3.63, 3.8) is 0 Å². The number of carbonyl (C=O) groups is 1. The van der Waals surface area contributed by atoms with Crippen LogP contribution in [0.1, 0.15) is 10.4 Å². The Labute approximate surface area is 99.0 Å². The second kappa shape index (κ2) is 4.47. The van der Waals surface area contributed by atoms with Crippen molar-refractivity contribution in [2.24, 2.45) is 0 Å². The van der Waals surface area contributed by atoms with Crippen molar-refractivity contribution < 1.29 is 9.90 Å². The van der Waals surface area contributed by atoms with Gasteiger partial charge in [-0.05, 0) is 22.9 Å². The Morgan fingerprint density at radius 3 is 2.29 bits per heavy atom. The van der Waals surface area contributed by atoms with E-state index in [1.807, 2.05) is 30.3 Å². The number of hydrogen-bond donors (Lipinski definition) is 1. The van der Waals surface area contributed by atoms with Crippen molar-refractivity contribution in [1.82, 2.24) is 0 Å². The van der Waals surface area contributed by atoms with Gasteiger partial charge >= 0.3 is 30.4 Å². The molecule has 0 saturated carbocycles. The predicted molar refractivity (Wildman–Crippen MR) is 60.8 cm³/mol. The quantitative estimate of drug-likeness (QED) is 0.807. The topological polar surface area (TPSA) is 37.3 Å². The zero-order valence-corrected chi connectivity index (χ0v) is 11.6. The van der Waals surface area contributed by atoms with Gasteiger partial charge in [-0.25, -0.2) is 4.79 Å². The molecular weight excluding hydrogens is 286 g/mol. The Morgan fingerprint density at radius 1 is 1.00 bits per heavy atom. The number of carboxylic acids is 1. The predicted octanol–water partition coefficient (Wildman–Crippen LogP) is 1.35. The molecular formula is C11H11O2Sb. The van der Waals surface area contributed by atoms with Gasteiger partial charge in [0, 0.05) is 0 Å². The molecule has 0 aliphatic rings. The van der Waals surface area contributed by atoms with Gasteiger partial charge in [0.05, 0.1) is 5.56 Å². The van der Waals surface area contributed by atoms with Crippen LogP contribution in [-0.4, -0.2) is 35.5 Å². The van der Waals surface area contributed by atoms with Crippen molar-refractivity contribution in [2.75, 3.05) is 0 Å². The van der Waals surface area contributed by atoms with Crippen LogP contribution in [0.25, 0.3) is 10.8 Å². The maximum atomic E-state index is 10.6. The van der Waals surface area contributed by atoms with E-state index in [1.54, 1.807) is 12.1 Å². The molecule has 72 valence electrons. The number of carboxylic acid groups (broad SMARTS) is 1. The second-order valence-corrected chi connectivity index (χ2v) is 2.87. The van der Waals surface area contributed by atoms with Gasteiger partial charge in [0.1, 0.15) is 0 Å². The molecule has 0 amide bonds. The van der Waals surface area contributed by atoms with Crippen molar-refractivity contribution in [2.45, 2.75) is 0 Å². The van der Waals surface area contributed by atoms with Gasteiger partial charge in [-0.15, -0.1) is 0 Å². The summed E-state index contributed by atoms with van der Waals surface area (Å²) in [6.07, 6.45) is 0. The molecule has 0 unspecified atom stereocenters. The summed E-state index contributed by atoms with van der Waals surface area (Å²) in [4.78, 5) is 10.6. The van der Waals surface area contributed by atoms with Crippen molar-refractivity contribution in [3.05, 3.63) is 48.0 Å². The SMILES string of the molecule is O=C(O)c1ccc2ccccc2c1.[SbH3]. The van der Waals surface area contributed by atoms with Gasteiger partial charge < -0.3 is 5.11 Å². The second-order valence-electron chi connectivity index (χ2n) is 2.87. The number of fused-ring (bicyclic) bond motifs is 1. The molecule has 3 heteroatoms. The Balaban J connectivity index is 0.000000980. The van der Waals surface area contributed by atoms with E-state index < -0.39 is 5.97 Å². The van der Waals surface area contributed by atoms with Crippen LogP contribution >= 0.6 is 0 Å². The molecule has 0 aliphatic heterocycles. The molecule has 1 N–H and O–H groups in total. The molecule has 0 fully saturated rings. The summed E-state index contributed by atoms with van der Waals surface area (Å²) in [7, 11) is 0. The molecule has 0 saturated heterocycles. The van der Waals surface area contributed by atoms with Crippen LogP contribution in [0.2, 0.25) is 0 Å². The minimum absolute atomic E-state index is 0. The summed E-state index contributed by atoms with van der Waals surface area (Å²) in [6.45, 7) is 0. The third-order valence-corrected chi connectivity index (χ3v) is 2.00. The zero-order valence-electron chi connectivity index (χ0n) is 7.60. The van der Waals surface area contributed by atoms with E-state index in [0.717, 1.165) is 10.8 Å². The van der Waals surface area contributed by atoms with Crippen LogP contribution in [0.3, 0.4) is 0 Å². The van der Waals surface area contributed by atoms with Gasteiger partial charge in [0.25, 0.3) is 0 Å². The van der Waals surface area contributed by atoms with E-state index in [0.29, 0.717) is 5.56 Å². The standard InChI is InChI=1S/C11H8O2.Sb.3H/c12-11(13)10-6-5-8-3-1-2-4-9(8)7-10;;;;/h1-7H,(H,12,13);;;;. The van der Waals surface area contributed by atoms with E-state index in [4.69, 9.17) is 5.11 Å². The van der Waals surface area contributed by atoms with Crippen LogP contribution in [0.15, 0.2) is 42.5 Å². The fourth-order valence-corrected chi connectivity index (χ4v) is 1.32. The maximum absolute atomic E-state index is 10.6. The molecule has 14 heavy (non-hydrogen) atoms. The van der Waals surface area contributed by atoms with Crippen molar-refractivity contribution >= 4 is 41.2 Å². The Morgan fingerprint density at radius 2 is 1.64 bits per heavy atom. The Kier molecular flexibility index (Phi) is 3.54. The van der Waals surface area contributed by atoms with E-state index in [-0.39, 0.29) is 24.4 Å².